The minimum atomic E-state index is -0.589. The second-order valence-corrected chi connectivity index (χ2v) is 6.66. The molecule has 0 fully saturated rings. The summed E-state index contributed by atoms with van der Waals surface area (Å²) in [6, 6.07) is 8.99. The van der Waals surface area contributed by atoms with Crippen LogP contribution in [-0.4, -0.2) is 42.1 Å². The van der Waals surface area contributed by atoms with Gasteiger partial charge in [0.15, 0.2) is 0 Å². The number of carbonyl (C=O) groups excluding carboxylic acids is 2. The Kier molecular flexibility index (Phi) is 8.77. The minimum Gasteiger partial charge on any atom is -0.445 e. The van der Waals surface area contributed by atoms with Crippen LogP contribution in [0.25, 0.3) is 0 Å². The first kappa shape index (κ1) is 20.8. The molecule has 1 atom stereocenters. The summed E-state index contributed by atoms with van der Waals surface area (Å²) in [5.74, 6) is 0. The number of aliphatic hydroxyl groups is 1. The zero-order valence-electron chi connectivity index (χ0n) is 15.1. The molecule has 0 bridgehead atoms. The lowest BCUT2D eigenvalue weighted by molar-refractivity contribution is 0.0478. The van der Waals surface area contributed by atoms with Gasteiger partial charge >= 0.3 is 12.2 Å². The van der Waals surface area contributed by atoms with E-state index in [9.17, 15) is 14.7 Å². The molecule has 3 N–H and O–H groups in total. The number of amides is 2. The molecule has 7 heteroatoms. The fraction of sp³-hybridized carbons (Fsp3) is 0.556. The third-order valence-electron chi connectivity index (χ3n) is 3.15. The number of ether oxygens (including phenoxy) is 2. The zero-order chi connectivity index (χ0) is 18.7. The first-order valence-electron chi connectivity index (χ1n) is 8.35. The molecule has 7 nitrogen and oxygen atoms in total. The predicted octanol–water partition coefficient (Wildman–Crippen LogP) is 2.58. The topological polar surface area (TPSA) is 96.9 Å². The van der Waals surface area contributed by atoms with E-state index in [1.807, 2.05) is 30.3 Å². The average molecular weight is 352 g/mol. The molecule has 1 aromatic carbocycles. The summed E-state index contributed by atoms with van der Waals surface area (Å²) >= 11 is 0. The van der Waals surface area contributed by atoms with Crippen LogP contribution in [0.5, 0.6) is 0 Å². The smallest absolute Gasteiger partial charge is 0.407 e. The predicted molar refractivity (Wildman–Crippen MR) is 94.1 cm³/mol. The summed E-state index contributed by atoms with van der Waals surface area (Å²) in [5.41, 5.74) is 0.327. The molecule has 140 valence electrons. The molecule has 0 radical (unpaired) electrons. The lowest BCUT2D eigenvalue weighted by atomic mass is 10.1. The molecule has 2 amide bonds. The van der Waals surface area contributed by atoms with Crippen LogP contribution in [0.4, 0.5) is 9.59 Å². The molecular weight excluding hydrogens is 324 g/mol. The first-order valence-corrected chi connectivity index (χ1v) is 8.35. The van der Waals surface area contributed by atoms with Crippen molar-refractivity contribution in [1.82, 2.24) is 10.6 Å². The summed E-state index contributed by atoms with van der Waals surface area (Å²) in [7, 11) is 0. The summed E-state index contributed by atoms with van der Waals surface area (Å²) < 4.78 is 10.2. The van der Waals surface area contributed by atoms with E-state index in [0.717, 1.165) is 5.56 Å². The number of hydrogen-bond acceptors (Lipinski definition) is 5. The average Bonchev–Trinajstić information content (AvgIpc) is 2.55. The molecule has 0 spiro atoms. The Labute approximate surface area is 148 Å². The highest BCUT2D eigenvalue weighted by Gasteiger charge is 2.19. The van der Waals surface area contributed by atoms with Gasteiger partial charge in [0.25, 0.3) is 0 Å². The maximum Gasteiger partial charge on any atom is 0.407 e. The number of aliphatic hydroxyl groups excluding tert-OH is 1. The third kappa shape index (κ3) is 10.2. The van der Waals surface area contributed by atoms with E-state index in [0.29, 0.717) is 19.4 Å². The maximum atomic E-state index is 11.7. The number of benzene rings is 1. The lowest BCUT2D eigenvalue weighted by Crippen LogP contribution is -2.41. The van der Waals surface area contributed by atoms with Crippen LogP contribution >= 0.6 is 0 Å². The first-order chi connectivity index (χ1) is 11.8. The normalized spacial score (nSPS) is 12.2. The number of nitrogens with one attached hydrogen (secondary N) is 2. The van der Waals surface area contributed by atoms with Crippen LogP contribution in [0.2, 0.25) is 0 Å². The largest absolute Gasteiger partial charge is 0.445 e. The van der Waals surface area contributed by atoms with E-state index in [2.05, 4.69) is 10.6 Å². The van der Waals surface area contributed by atoms with Crippen molar-refractivity contribution in [3.8, 4) is 0 Å². The van der Waals surface area contributed by atoms with Gasteiger partial charge in [0.1, 0.15) is 12.2 Å². The standard InChI is InChI=1S/C18H28N2O5/c1-18(2,3)25-17(23)20-15(12-21)10-7-11-19-16(22)24-13-14-8-5-4-6-9-14/h4-6,8-9,15,21H,7,10-13H2,1-3H3,(H,19,22)(H,20,23)/t15-/m0/s1. The van der Waals surface area contributed by atoms with Crippen molar-refractivity contribution in [3.63, 3.8) is 0 Å². The monoisotopic (exact) mass is 352 g/mol. The van der Waals surface area contributed by atoms with Crippen molar-refractivity contribution in [2.75, 3.05) is 13.2 Å². The van der Waals surface area contributed by atoms with Crippen molar-refractivity contribution in [1.29, 1.82) is 0 Å². The lowest BCUT2D eigenvalue weighted by Gasteiger charge is -2.22. The SMILES string of the molecule is CC(C)(C)OC(=O)N[C@H](CO)CCCNC(=O)OCc1ccccc1. The van der Waals surface area contributed by atoms with Crippen molar-refractivity contribution in [2.45, 2.75) is 51.9 Å². The van der Waals surface area contributed by atoms with Gasteiger partial charge in [-0.2, -0.15) is 0 Å². The number of alkyl carbamates (subject to hydrolysis) is 2. The Balaban J connectivity index is 2.17. The van der Waals surface area contributed by atoms with Crippen LogP contribution in [-0.2, 0) is 16.1 Å². The minimum absolute atomic E-state index is 0.197. The fourth-order valence-corrected chi connectivity index (χ4v) is 2.00. The fourth-order valence-electron chi connectivity index (χ4n) is 2.00. The third-order valence-corrected chi connectivity index (χ3v) is 3.15. The van der Waals surface area contributed by atoms with E-state index in [1.54, 1.807) is 20.8 Å². The molecule has 0 aliphatic carbocycles. The van der Waals surface area contributed by atoms with Crippen LogP contribution in [0.1, 0.15) is 39.2 Å². The molecule has 1 rings (SSSR count). The van der Waals surface area contributed by atoms with Crippen molar-refractivity contribution in [3.05, 3.63) is 35.9 Å². The zero-order valence-corrected chi connectivity index (χ0v) is 15.1. The van der Waals surface area contributed by atoms with Gasteiger partial charge in [-0.25, -0.2) is 9.59 Å². The molecule has 0 aromatic heterocycles. The number of rotatable bonds is 8. The molecule has 25 heavy (non-hydrogen) atoms. The highest BCUT2D eigenvalue weighted by Crippen LogP contribution is 2.07. The van der Waals surface area contributed by atoms with Gasteiger partial charge in [-0.05, 0) is 39.2 Å². The van der Waals surface area contributed by atoms with Crippen molar-refractivity contribution in [2.24, 2.45) is 0 Å². The van der Waals surface area contributed by atoms with Gasteiger partial charge < -0.3 is 25.2 Å². The Bertz CT molecular complexity index is 528. The summed E-state index contributed by atoms with van der Waals surface area (Å²) in [5, 5.41) is 14.5. The summed E-state index contributed by atoms with van der Waals surface area (Å²) in [6.45, 7) is 5.71. The van der Waals surface area contributed by atoms with E-state index in [-0.39, 0.29) is 13.2 Å². The molecule has 0 unspecified atom stereocenters. The molecule has 0 saturated carbocycles. The molecule has 0 saturated heterocycles. The van der Waals surface area contributed by atoms with Gasteiger partial charge in [0.2, 0.25) is 0 Å². The van der Waals surface area contributed by atoms with Crippen LogP contribution < -0.4 is 10.6 Å². The number of hydrogen-bond donors (Lipinski definition) is 3. The van der Waals surface area contributed by atoms with E-state index in [1.165, 1.54) is 0 Å². The van der Waals surface area contributed by atoms with Gasteiger partial charge in [0, 0.05) is 6.54 Å². The Morgan fingerprint density at radius 3 is 2.44 bits per heavy atom. The highest BCUT2D eigenvalue weighted by atomic mass is 16.6. The second kappa shape index (κ2) is 10.6. The highest BCUT2D eigenvalue weighted by molar-refractivity contribution is 5.68. The van der Waals surface area contributed by atoms with E-state index < -0.39 is 23.8 Å². The summed E-state index contributed by atoms with van der Waals surface area (Å²) in [6.07, 6.45) is 0.0298. The van der Waals surface area contributed by atoms with E-state index in [4.69, 9.17) is 9.47 Å². The molecule has 0 aliphatic rings. The molecular formula is C18H28N2O5. The van der Waals surface area contributed by atoms with Crippen LogP contribution in [0.15, 0.2) is 30.3 Å². The van der Waals surface area contributed by atoms with Crippen molar-refractivity contribution < 1.29 is 24.2 Å². The summed E-state index contributed by atoms with van der Waals surface area (Å²) in [4.78, 5) is 23.2. The van der Waals surface area contributed by atoms with Gasteiger partial charge in [-0.15, -0.1) is 0 Å². The Morgan fingerprint density at radius 1 is 1.16 bits per heavy atom. The number of carbonyl (C=O) groups is 2. The second-order valence-electron chi connectivity index (χ2n) is 6.66. The molecule has 1 aromatic rings. The van der Waals surface area contributed by atoms with Gasteiger partial charge in [-0.1, -0.05) is 30.3 Å². The Morgan fingerprint density at radius 2 is 1.84 bits per heavy atom. The molecule has 0 aliphatic heterocycles. The quantitative estimate of drug-likeness (QED) is 0.625. The van der Waals surface area contributed by atoms with E-state index >= 15 is 0 Å². The van der Waals surface area contributed by atoms with Crippen molar-refractivity contribution >= 4 is 12.2 Å². The Hall–Kier alpha value is -2.28. The maximum absolute atomic E-state index is 11.7. The van der Waals surface area contributed by atoms with Gasteiger partial charge in [-0.3, -0.25) is 0 Å². The van der Waals surface area contributed by atoms with Crippen LogP contribution in [0, 0.1) is 0 Å². The van der Waals surface area contributed by atoms with Gasteiger partial charge in [0.05, 0.1) is 12.6 Å². The van der Waals surface area contributed by atoms with Crippen LogP contribution in [0.3, 0.4) is 0 Å². The molecule has 0 heterocycles.